The summed E-state index contributed by atoms with van der Waals surface area (Å²) in [6, 6.07) is 10.5. The Morgan fingerprint density at radius 3 is 2.45 bits per heavy atom. The van der Waals surface area contributed by atoms with Gasteiger partial charge in [-0.1, -0.05) is 17.7 Å². The van der Waals surface area contributed by atoms with Gasteiger partial charge in [-0.3, -0.25) is 0 Å². The molecule has 172 valence electrons. The van der Waals surface area contributed by atoms with Gasteiger partial charge in [0, 0.05) is 17.0 Å². The van der Waals surface area contributed by atoms with E-state index in [1.807, 2.05) is 0 Å². The number of methoxy groups -OCH3 is 3. The summed E-state index contributed by atoms with van der Waals surface area (Å²) in [6.45, 7) is -0.400. The maximum atomic E-state index is 13.3. The number of hydrazone groups is 1. The van der Waals surface area contributed by atoms with Crippen molar-refractivity contribution in [3.05, 3.63) is 58.6 Å². The lowest BCUT2D eigenvalue weighted by molar-refractivity contribution is -0.165. The average molecular weight is 474 g/mol. The number of rotatable bonds is 3. The number of hydrogen-bond acceptors (Lipinski definition) is 8. The van der Waals surface area contributed by atoms with Crippen LogP contribution in [0.5, 0.6) is 5.75 Å². The number of amides is 3. The zero-order valence-electron chi connectivity index (χ0n) is 18.0. The van der Waals surface area contributed by atoms with E-state index in [1.165, 1.54) is 26.4 Å². The van der Waals surface area contributed by atoms with E-state index in [0.29, 0.717) is 16.3 Å². The fourth-order valence-electron chi connectivity index (χ4n) is 3.81. The second-order valence-electron chi connectivity index (χ2n) is 7.20. The average Bonchev–Trinajstić information content (AvgIpc) is 3.17. The first kappa shape index (κ1) is 22.6. The number of hydrogen-bond donors (Lipinski definition) is 0. The Morgan fingerprint density at radius 1 is 1.09 bits per heavy atom. The number of ether oxygens (including phenoxy) is 4. The minimum atomic E-state index is -1.52. The van der Waals surface area contributed by atoms with Crippen molar-refractivity contribution in [3.63, 3.8) is 0 Å². The summed E-state index contributed by atoms with van der Waals surface area (Å²) in [5, 5.41) is 5.84. The Bertz CT molecular complexity index is 1150. The van der Waals surface area contributed by atoms with Gasteiger partial charge >= 0.3 is 18.1 Å². The Labute approximate surface area is 194 Å². The summed E-state index contributed by atoms with van der Waals surface area (Å²) < 4.78 is 20.8. The first-order chi connectivity index (χ1) is 15.8. The van der Waals surface area contributed by atoms with Crippen LogP contribution in [0.15, 0.2) is 47.6 Å². The molecule has 0 bridgehead atoms. The van der Waals surface area contributed by atoms with Gasteiger partial charge in [-0.05, 0) is 42.0 Å². The lowest BCUT2D eigenvalue weighted by atomic mass is 9.97. The molecular weight excluding hydrogens is 454 g/mol. The highest BCUT2D eigenvalue weighted by atomic mass is 35.5. The molecule has 0 saturated heterocycles. The Morgan fingerprint density at radius 2 is 1.82 bits per heavy atom. The molecule has 2 aliphatic rings. The fraction of sp³-hybridized carbons (Fsp3) is 0.273. The van der Waals surface area contributed by atoms with Crippen molar-refractivity contribution in [3.8, 4) is 5.75 Å². The van der Waals surface area contributed by atoms with Crippen LogP contribution in [0.1, 0.15) is 11.1 Å². The summed E-state index contributed by atoms with van der Waals surface area (Å²) >= 11 is 6.11. The van der Waals surface area contributed by atoms with Gasteiger partial charge in [0.15, 0.2) is 0 Å². The molecule has 0 aromatic heterocycles. The van der Waals surface area contributed by atoms with Gasteiger partial charge in [0.05, 0.1) is 27.0 Å². The summed E-state index contributed by atoms with van der Waals surface area (Å²) in [7, 11) is 3.90. The Hall–Kier alpha value is -3.63. The standard InChI is InChI=1S/C22H20ClN3O7/c1-30-16-7-5-15(6-8-16)26(21(29)32-3)20(28)25-12-33-22(19(27)31-2)11-13-10-14(23)4-9-17(13)18(22)24-25/h4-10H,11-12H2,1-3H3. The van der Waals surface area contributed by atoms with Gasteiger partial charge in [0.2, 0.25) is 5.60 Å². The van der Waals surface area contributed by atoms with Gasteiger partial charge in [-0.25, -0.2) is 14.4 Å². The molecule has 2 aromatic carbocycles. The number of halogens is 1. The molecule has 0 radical (unpaired) electrons. The number of imide groups is 1. The quantitative estimate of drug-likeness (QED) is 0.630. The molecule has 33 heavy (non-hydrogen) atoms. The van der Waals surface area contributed by atoms with E-state index in [0.717, 1.165) is 22.6 Å². The van der Waals surface area contributed by atoms with Crippen LogP contribution >= 0.6 is 11.6 Å². The summed E-state index contributed by atoms with van der Waals surface area (Å²) in [4.78, 5) is 39.3. The number of urea groups is 1. The number of anilines is 1. The molecule has 0 N–H and O–H groups in total. The summed E-state index contributed by atoms with van der Waals surface area (Å²) in [5.41, 5.74) is 0.225. The van der Waals surface area contributed by atoms with Crippen molar-refractivity contribution in [2.75, 3.05) is 33.0 Å². The van der Waals surface area contributed by atoms with E-state index >= 15 is 0 Å². The highest BCUT2D eigenvalue weighted by Crippen LogP contribution is 2.39. The monoisotopic (exact) mass is 473 g/mol. The van der Waals surface area contributed by atoms with Gasteiger partial charge in [-0.15, -0.1) is 0 Å². The highest BCUT2D eigenvalue weighted by molar-refractivity contribution is 6.31. The molecule has 0 saturated carbocycles. The van der Waals surface area contributed by atoms with E-state index in [2.05, 4.69) is 5.10 Å². The molecule has 4 rings (SSSR count). The van der Waals surface area contributed by atoms with Crippen LogP contribution in [0.4, 0.5) is 15.3 Å². The molecule has 1 heterocycles. The minimum Gasteiger partial charge on any atom is -0.497 e. The third-order valence-electron chi connectivity index (χ3n) is 5.41. The Balaban J connectivity index is 1.75. The second kappa shape index (κ2) is 8.72. The van der Waals surface area contributed by atoms with Crippen LogP contribution in [0.3, 0.4) is 0 Å². The Kier molecular flexibility index (Phi) is 5.96. The van der Waals surface area contributed by atoms with E-state index < -0.39 is 30.4 Å². The zero-order valence-corrected chi connectivity index (χ0v) is 18.8. The fourth-order valence-corrected chi connectivity index (χ4v) is 4.00. The summed E-state index contributed by atoms with van der Waals surface area (Å²) in [6.07, 6.45) is -0.774. The van der Waals surface area contributed by atoms with Gasteiger partial charge < -0.3 is 18.9 Å². The number of esters is 1. The molecule has 11 heteroatoms. The number of carbonyl (C=O) groups is 3. The lowest BCUT2D eigenvalue weighted by Crippen LogP contribution is -2.56. The van der Waals surface area contributed by atoms with Crippen molar-refractivity contribution in [2.24, 2.45) is 5.10 Å². The van der Waals surface area contributed by atoms with Crippen molar-refractivity contribution >= 4 is 41.1 Å². The molecule has 1 aliphatic carbocycles. The predicted molar refractivity (Wildman–Crippen MR) is 118 cm³/mol. The third kappa shape index (κ3) is 3.77. The van der Waals surface area contributed by atoms with Gasteiger partial charge in [0.25, 0.3) is 0 Å². The van der Waals surface area contributed by atoms with Gasteiger partial charge in [0.1, 0.15) is 18.2 Å². The molecule has 0 fully saturated rings. The molecule has 1 unspecified atom stereocenters. The van der Waals surface area contributed by atoms with E-state index in [4.69, 9.17) is 30.5 Å². The maximum Gasteiger partial charge on any atom is 0.422 e. The zero-order chi connectivity index (χ0) is 23.8. The first-order valence-electron chi connectivity index (χ1n) is 9.78. The van der Waals surface area contributed by atoms with Crippen molar-refractivity contribution in [1.29, 1.82) is 0 Å². The second-order valence-corrected chi connectivity index (χ2v) is 7.64. The maximum absolute atomic E-state index is 13.3. The number of carbonyl (C=O) groups excluding carboxylic acids is 3. The number of fused-ring (bicyclic) bond motifs is 3. The van der Waals surface area contributed by atoms with Crippen LogP contribution in [0, 0.1) is 0 Å². The SMILES string of the molecule is COC(=O)N(C(=O)N1COC2(C(=O)OC)Cc3cc(Cl)ccc3C2=N1)c1ccc(OC)cc1. The molecule has 3 amide bonds. The van der Waals surface area contributed by atoms with Crippen LogP contribution in [-0.4, -0.2) is 62.5 Å². The number of benzene rings is 2. The molecule has 1 aliphatic heterocycles. The van der Waals surface area contributed by atoms with E-state index in [9.17, 15) is 14.4 Å². The molecule has 0 spiro atoms. The highest BCUT2D eigenvalue weighted by Gasteiger charge is 2.55. The van der Waals surface area contributed by atoms with E-state index in [-0.39, 0.29) is 17.8 Å². The van der Waals surface area contributed by atoms with E-state index in [1.54, 1.807) is 30.3 Å². The van der Waals surface area contributed by atoms with Gasteiger partial charge in [-0.2, -0.15) is 15.0 Å². The third-order valence-corrected chi connectivity index (χ3v) is 5.65. The number of nitrogens with zero attached hydrogens (tertiary/aromatic N) is 3. The molecular formula is C22H20ClN3O7. The summed E-state index contributed by atoms with van der Waals surface area (Å²) in [5.74, 6) is -0.109. The van der Waals surface area contributed by atoms with Crippen molar-refractivity contribution in [2.45, 2.75) is 12.0 Å². The van der Waals surface area contributed by atoms with Crippen LogP contribution in [0.25, 0.3) is 0 Å². The van der Waals surface area contributed by atoms with Crippen LogP contribution in [0.2, 0.25) is 5.02 Å². The minimum absolute atomic E-state index is 0.148. The van der Waals surface area contributed by atoms with Crippen LogP contribution < -0.4 is 9.64 Å². The van der Waals surface area contributed by atoms with Crippen LogP contribution in [-0.2, 0) is 25.4 Å². The largest absolute Gasteiger partial charge is 0.497 e. The topological polar surface area (TPSA) is 107 Å². The normalized spacial score (nSPS) is 18.5. The predicted octanol–water partition coefficient (Wildman–Crippen LogP) is 3.20. The molecule has 10 nitrogen and oxygen atoms in total. The van der Waals surface area contributed by atoms with Crippen molar-refractivity contribution in [1.82, 2.24) is 5.01 Å². The molecule has 2 aromatic rings. The van der Waals surface area contributed by atoms with Crippen molar-refractivity contribution < 1.29 is 33.3 Å². The molecule has 1 atom stereocenters. The smallest absolute Gasteiger partial charge is 0.422 e. The lowest BCUT2D eigenvalue weighted by Gasteiger charge is -2.35. The first-order valence-corrected chi connectivity index (χ1v) is 10.2.